The van der Waals surface area contributed by atoms with Crippen molar-refractivity contribution >= 4 is 16.6 Å². The lowest BCUT2D eigenvalue weighted by molar-refractivity contribution is 0.239. The zero-order valence-electron chi connectivity index (χ0n) is 12.2. The molecule has 98 valence electrons. The molecule has 0 aromatic heterocycles. The molecule has 0 bridgehead atoms. The molecule has 0 saturated heterocycles. The molecule has 0 N–H and O–H groups in total. The zero-order chi connectivity index (χ0) is 12.8. The highest BCUT2D eigenvalue weighted by molar-refractivity contribution is 6.70. The van der Waals surface area contributed by atoms with E-state index in [2.05, 4.69) is 46.2 Å². The van der Waals surface area contributed by atoms with Gasteiger partial charge in [-0.25, -0.2) is 0 Å². The van der Waals surface area contributed by atoms with Crippen molar-refractivity contribution in [1.29, 1.82) is 0 Å². The average molecular weight is 263 g/mol. The van der Waals surface area contributed by atoms with Crippen LogP contribution < -0.4 is 0 Å². The first-order valence-corrected chi connectivity index (χ1v) is 13.2. The minimum atomic E-state index is -1.31. The van der Waals surface area contributed by atoms with Crippen LogP contribution >= 0.6 is 0 Å². The summed E-state index contributed by atoms with van der Waals surface area (Å²) in [6.07, 6.45) is 2.33. The summed E-state index contributed by atoms with van der Waals surface area (Å²) in [4.78, 5) is 0. The van der Waals surface area contributed by atoms with Crippen molar-refractivity contribution in [3.8, 4) is 0 Å². The lowest BCUT2D eigenvalue weighted by Crippen LogP contribution is -2.27. The standard InChI is InChI=1S/C12H30O2Si2/c1-12(8-10-13-15(2,3)4)9-11-14-16(5,6)7/h12H,8-11H2,1-7H3. The molecule has 0 saturated carbocycles. The van der Waals surface area contributed by atoms with E-state index in [0.717, 1.165) is 13.2 Å². The van der Waals surface area contributed by atoms with E-state index in [-0.39, 0.29) is 0 Å². The molecule has 4 heteroatoms. The maximum Gasteiger partial charge on any atom is 0.183 e. The Balaban J connectivity index is 3.49. The van der Waals surface area contributed by atoms with Crippen LogP contribution in [0.2, 0.25) is 39.3 Å². The van der Waals surface area contributed by atoms with Crippen molar-refractivity contribution in [2.24, 2.45) is 5.92 Å². The molecular weight excluding hydrogens is 232 g/mol. The van der Waals surface area contributed by atoms with Gasteiger partial charge >= 0.3 is 0 Å². The molecule has 0 unspecified atom stereocenters. The van der Waals surface area contributed by atoms with Crippen LogP contribution in [0.15, 0.2) is 0 Å². The predicted molar refractivity (Wildman–Crippen MR) is 77.0 cm³/mol. The summed E-state index contributed by atoms with van der Waals surface area (Å²) in [6.45, 7) is 17.6. The lowest BCUT2D eigenvalue weighted by atomic mass is 10.1. The van der Waals surface area contributed by atoms with Gasteiger partial charge in [-0.2, -0.15) is 0 Å². The van der Waals surface area contributed by atoms with Gasteiger partial charge in [-0.1, -0.05) is 6.92 Å². The molecule has 0 aliphatic rings. The van der Waals surface area contributed by atoms with Crippen molar-refractivity contribution in [2.75, 3.05) is 13.2 Å². The maximum atomic E-state index is 5.85. The summed E-state index contributed by atoms with van der Waals surface area (Å²) in [5.41, 5.74) is 0. The normalized spacial score (nSPS) is 13.5. The van der Waals surface area contributed by atoms with E-state index in [1.807, 2.05) is 0 Å². The molecule has 2 nitrogen and oxygen atoms in total. The number of rotatable bonds is 8. The molecule has 0 fully saturated rings. The number of hydrogen-bond donors (Lipinski definition) is 0. The summed E-state index contributed by atoms with van der Waals surface area (Å²) >= 11 is 0. The highest BCUT2D eigenvalue weighted by Crippen LogP contribution is 2.12. The van der Waals surface area contributed by atoms with Gasteiger partial charge in [-0.05, 0) is 58.0 Å². The van der Waals surface area contributed by atoms with Gasteiger partial charge in [0.05, 0.1) is 0 Å². The highest BCUT2D eigenvalue weighted by Gasteiger charge is 2.16. The molecule has 0 aliphatic heterocycles. The molecule has 0 heterocycles. The molecule has 0 spiro atoms. The summed E-state index contributed by atoms with van der Waals surface area (Å²) < 4.78 is 11.7. The summed E-state index contributed by atoms with van der Waals surface area (Å²) in [6, 6.07) is 0. The fourth-order valence-electron chi connectivity index (χ4n) is 1.28. The second-order valence-electron chi connectivity index (χ2n) is 6.60. The average Bonchev–Trinajstić information content (AvgIpc) is 1.98. The quantitative estimate of drug-likeness (QED) is 0.613. The third-order valence-electron chi connectivity index (χ3n) is 2.29. The third-order valence-corrected chi connectivity index (χ3v) is 4.43. The molecule has 0 aromatic rings. The van der Waals surface area contributed by atoms with Gasteiger partial charge in [-0.15, -0.1) is 0 Å². The topological polar surface area (TPSA) is 18.5 Å². The van der Waals surface area contributed by atoms with E-state index >= 15 is 0 Å². The van der Waals surface area contributed by atoms with Gasteiger partial charge in [0.1, 0.15) is 0 Å². The van der Waals surface area contributed by atoms with Gasteiger partial charge < -0.3 is 8.85 Å². The van der Waals surface area contributed by atoms with E-state index in [1.165, 1.54) is 12.8 Å². The van der Waals surface area contributed by atoms with Crippen LogP contribution in [-0.2, 0) is 8.85 Å². The Morgan fingerprint density at radius 3 is 1.31 bits per heavy atom. The van der Waals surface area contributed by atoms with E-state index in [9.17, 15) is 0 Å². The third kappa shape index (κ3) is 12.4. The van der Waals surface area contributed by atoms with Crippen LogP contribution in [0.3, 0.4) is 0 Å². The monoisotopic (exact) mass is 262 g/mol. The minimum Gasteiger partial charge on any atom is -0.418 e. The largest absolute Gasteiger partial charge is 0.418 e. The Bertz CT molecular complexity index is 162. The first-order valence-electron chi connectivity index (χ1n) is 6.38. The first kappa shape index (κ1) is 16.4. The Morgan fingerprint density at radius 1 is 0.750 bits per heavy atom. The Morgan fingerprint density at radius 2 is 1.06 bits per heavy atom. The molecule has 0 aliphatic carbocycles. The Hall–Kier alpha value is 0.354. The smallest absolute Gasteiger partial charge is 0.183 e. The van der Waals surface area contributed by atoms with E-state index < -0.39 is 16.6 Å². The summed E-state index contributed by atoms with van der Waals surface area (Å²) in [7, 11) is -2.62. The Kier molecular flexibility index (Phi) is 7.09. The fraction of sp³-hybridized carbons (Fsp3) is 1.00. The summed E-state index contributed by atoms with van der Waals surface area (Å²) in [5, 5.41) is 0. The fourth-order valence-corrected chi connectivity index (χ4v) is 2.74. The van der Waals surface area contributed by atoms with E-state index in [0.29, 0.717) is 5.92 Å². The second kappa shape index (κ2) is 6.94. The van der Waals surface area contributed by atoms with Crippen molar-refractivity contribution in [1.82, 2.24) is 0 Å². The maximum absolute atomic E-state index is 5.85. The van der Waals surface area contributed by atoms with Crippen LogP contribution in [0, 0.1) is 5.92 Å². The molecule has 0 radical (unpaired) electrons. The van der Waals surface area contributed by atoms with Crippen LogP contribution in [-0.4, -0.2) is 29.8 Å². The molecule has 0 aromatic carbocycles. The zero-order valence-corrected chi connectivity index (χ0v) is 14.2. The lowest BCUT2D eigenvalue weighted by Gasteiger charge is -2.21. The predicted octanol–water partition coefficient (Wildman–Crippen LogP) is 4.11. The summed E-state index contributed by atoms with van der Waals surface area (Å²) in [5.74, 6) is 0.715. The van der Waals surface area contributed by atoms with E-state index in [4.69, 9.17) is 8.85 Å². The molecule has 0 rings (SSSR count). The van der Waals surface area contributed by atoms with Gasteiger partial charge in [0, 0.05) is 13.2 Å². The van der Waals surface area contributed by atoms with Gasteiger partial charge in [0.15, 0.2) is 16.6 Å². The Labute approximate surface area is 104 Å². The van der Waals surface area contributed by atoms with Crippen molar-refractivity contribution < 1.29 is 8.85 Å². The van der Waals surface area contributed by atoms with Gasteiger partial charge in [0.2, 0.25) is 0 Å². The number of hydrogen-bond acceptors (Lipinski definition) is 2. The highest BCUT2D eigenvalue weighted by atomic mass is 28.4. The van der Waals surface area contributed by atoms with Crippen LogP contribution in [0.1, 0.15) is 19.8 Å². The van der Waals surface area contributed by atoms with Gasteiger partial charge in [-0.3, -0.25) is 0 Å². The van der Waals surface area contributed by atoms with Crippen molar-refractivity contribution in [3.05, 3.63) is 0 Å². The van der Waals surface area contributed by atoms with E-state index in [1.54, 1.807) is 0 Å². The molecule has 0 amide bonds. The first-order chi connectivity index (χ1) is 7.10. The van der Waals surface area contributed by atoms with Crippen molar-refractivity contribution in [3.63, 3.8) is 0 Å². The second-order valence-corrected chi connectivity index (χ2v) is 15.6. The molecular formula is C12H30O2Si2. The van der Waals surface area contributed by atoms with Crippen LogP contribution in [0.4, 0.5) is 0 Å². The van der Waals surface area contributed by atoms with Crippen molar-refractivity contribution in [2.45, 2.75) is 59.0 Å². The molecule has 16 heavy (non-hydrogen) atoms. The SMILES string of the molecule is CC(CCO[Si](C)(C)C)CCO[Si](C)(C)C. The minimum absolute atomic E-state index is 0.715. The molecule has 0 atom stereocenters. The van der Waals surface area contributed by atoms with Crippen LogP contribution in [0.25, 0.3) is 0 Å². The van der Waals surface area contributed by atoms with Gasteiger partial charge in [0.25, 0.3) is 0 Å². The van der Waals surface area contributed by atoms with Crippen LogP contribution in [0.5, 0.6) is 0 Å².